The minimum atomic E-state index is -1.07. The molecule has 1 N–H and O–H groups in total. The van der Waals surface area contributed by atoms with E-state index in [0.29, 0.717) is 0 Å². The molecule has 0 atom stereocenters. The number of allylic oxidation sites excluding steroid dienone is 2. The second-order valence-corrected chi connectivity index (χ2v) is 3.32. The molecule has 0 aromatic heterocycles. The highest BCUT2D eigenvalue weighted by Crippen LogP contribution is 2.09. The first-order valence-corrected chi connectivity index (χ1v) is 4.86. The molecule has 0 saturated carbocycles. The van der Waals surface area contributed by atoms with Crippen molar-refractivity contribution in [1.29, 1.82) is 0 Å². The lowest BCUT2D eigenvalue weighted by Gasteiger charge is -2.00. The van der Waals surface area contributed by atoms with Crippen LogP contribution in [0, 0.1) is 0 Å². The Labute approximate surface area is 94.7 Å². The van der Waals surface area contributed by atoms with E-state index < -0.39 is 5.97 Å². The summed E-state index contributed by atoms with van der Waals surface area (Å²) in [6.07, 6.45) is 3.39. The lowest BCUT2D eigenvalue weighted by atomic mass is 10.1. The molecule has 0 aliphatic carbocycles. The second kappa shape index (κ2) is 5.75. The van der Waals surface area contributed by atoms with E-state index >= 15 is 0 Å². The summed E-state index contributed by atoms with van der Waals surface area (Å²) in [6.45, 7) is 1.83. The molecule has 0 heterocycles. The third kappa shape index (κ3) is 3.61. The largest absolute Gasteiger partial charge is 0.490 e. The normalized spacial score (nSPS) is 12.4. The van der Waals surface area contributed by atoms with Crippen molar-refractivity contribution in [3.05, 3.63) is 53.3 Å². The molecule has 0 fully saturated rings. The summed E-state index contributed by atoms with van der Waals surface area (Å²) in [5, 5.41) is 8.77. The summed E-state index contributed by atoms with van der Waals surface area (Å²) in [5.74, 6) is -1.13. The van der Waals surface area contributed by atoms with E-state index in [1.54, 1.807) is 0 Å². The molecule has 1 aromatic carbocycles. The fraction of sp³-hybridized carbons (Fsp3) is 0.154. The van der Waals surface area contributed by atoms with Crippen LogP contribution in [0.5, 0.6) is 0 Å². The maximum atomic E-state index is 10.7. The van der Waals surface area contributed by atoms with Crippen LogP contribution in [0.3, 0.4) is 0 Å². The minimum absolute atomic E-state index is 0.0651. The molecule has 0 amide bonds. The predicted molar refractivity (Wildman–Crippen MR) is 62.8 cm³/mol. The first-order valence-electron chi connectivity index (χ1n) is 4.86. The first kappa shape index (κ1) is 12.0. The number of methoxy groups -OCH3 is 1. The molecule has 3 heteroatoms. The van der Waals surface area contributed by atoms with Crippen molar-refractivity contribution in [2.75, 3.05) is 7.11 Å². The van der Waals surface area contributed by atoms with E-state index in [-0.39, 0.29) is 5.76 Å². The van der Waals surface area contributed by atoms with E-state index in [0.717, 1.165) is 11.1 Å². The van der Waals surface area contributed by atoms with Crippen LogP contribution in [0.25, 0.3) is 6.08 Å². The Bertz CT molecular complexity index is 416. The quantitative estimate of drug-likeness (QED) is 0.480. The van der Waals surface area contributed by atoms with Gasteiger partial charge in [-0.3, -0.25) is 0 Å². The van der Waals surface area contributed by atoms with Gasteiger partial charge >= 0.3 is 5.97 Å². The van der Waals surface area contributed by atoms with Crippen LogP contribution in [0.15, 0.2) is 47.7 Å². The monoisotopic (exact) mass is 218 g/mol. The predicted octanol–water partition coefficient (Wildman–Crippen LogP) is 2.70. The van der Waals surface area contributed by atoms with Crippen molar-refractivity contribution in [2.45, 2.75) is 6.92 Å². The van der Waals surface area contributed by atoms with Gasteiger partial charge in [0.1, 0.15) is 0 Å². The Morgan fingerprint density at radius 1 is 1.31 bits per heavy atom. The summed E-state index contributed by atoms with van der Waals surface area (Å²) in [5.41, 5.74) is 1.85. The number of carbonyl (C=O) groups is 1. The van der Waals surface area contributed by atoms with E-state index in [4.69, 9.17) is 9.84 Å². The van der Waals surface area contributed by atoms with Crippen LogP contribution in [0.4, 0.5) is 0 Å². The third-order valence-corrected chi connectivity index (χ3v) is 1.98. The number of rotatable bonds is 4. The molecule has 3 nitrogen and oxygen atoms in total. The zero-order valence-corrected chi connectivity index (χ0v) is 9.31. The minimum Gasteiger partial charge on any atom is -0.490 e. The van der Waals surface area contributed by atoms with Gasteiger partial charge in [-0.2, -0.15) is 0 Å². The zero-order valence-electron chi connectivity index (χ0n) is 9.31. The highest BCUT2D eigenvalue weighted by atomic mass is 16.5. The Hall–Kier alpha value is -2.03. The molecular weight excluding hydrogens is 204 g/mol. The summed E-state index contributed by atoms with van der Waals surface area (Å²) < 4.78 is 4.74. The van der Waals surface area contributed by atoms with Crippen LogP contribution in [0.2, 0.25) is 0 Å². The van der Waals surface area contributed by atoms with Crippen molar-refractivity contribution >= 4 is 12.0 Å². The van der Waals surface area contributed by atoms with Crippen LogP contribution in [-0.2, 0) is 9.53 Å². The van der Waals surface area contributed by atoms with Gasteiger partial charge in [-0.1, -0.05) is 36.4 Å². The van der Waals surface area contributed by atoms with Crippen LogP contribution < -0.4 is 0 Å². The fourth-order valence-corrected chi connectivity index (χ4v) is 1.27. The van der Waals surface area contributed by atoms with E-state index in [1.165, 1.54) is 13.2 Å². The van der Waals surface area contributed by atoms with Gasteiger partial charge in [0, 0.05) is 0 Å². The number of hydrogen-bond donors (Lipinski definition) is 1. The molecule has 1 rings (SSSR count). The topological polar surface area (TPSA) is 46.5 Å². The lowest BCUT2D eigenvalue weighted by molar-refractivity contribution is -0.136. The van der Waals surface area contributed by atoms with Gasteiger partial charge < -0.3 is 9.84 Å². The van der Waals surface area contributed by atoms with Gasteiger partial charge in [0.2, 0.25) is 5.76 Å². The highest BCUT2D eigenvalue weighted by molar-refractivity contribution is 5.85. The Kier molecular flexibility index (Phi) is 4.33. The molecule has 0 spiro atoms. The number of aliphatic carboxylic acids is 1. The third-order valence-electron chi connectivity index (χ3n) is 1.98. The summed E-state index contributed by atoms with van der Waals surface area (Å²) in [6, 6.07) is 9.68. The molecular formula is C13H14O3. The van der Waals surface area contributed by atoms with E-state index in [9.17, 15) is 4.79 Å². The average molecular weight is 218 g/mol. The van der Waals surface area contributed by atoms with Crippen molar-refractivity contribution in [3.63, 3.8) is 0 Å². The van der Waals surface area contributed by atoms with Crippen LogP contribution >= 0.6 is 0 Å². The molecule has 0 bridgehead atoms. The van der Waals surface area contributed by atoms with Gasteiger partial charge in [0.05, 0.1) is 7.11 Å². The van der Waals surface area contributed by atoms with Gasteiger partial charge in [-0.05, 0) is 24.1 Å². The molecule has 16 heavy (non-hydrogen) atoms. The highest BCUT2D eigenvalue weighted by Gasteiger charge is 2.05. The molecule has 0 saturated heterocycles. The molecule has 84 valence electrons. The van der Waals surface area contributed by atoms with Crippen LogP contribution in [0.1, 0.15) is 12.5 Å². The first-order chi connectivity index (χ1) is 7.63. The van der Waals surface area contributed by atoms with Gasteiger partial charge in [0.25, 0.3) is 0 Å². The summed E-state index contributed by atoms with van der Waals surface area (Å²) in [4.78, 5) is 10.7. The summed E-state index contributed by atoms with van der Waals surface area (Å²) >= 11 is 0. The zero-order chi connectivity index (χ0) is 12.0. The number of carboxylic acid groups (broad SMARTS) is 1. The maximum absolute atomic E-state index is 10.7. The number of ether oxygens (including phenoxy) is 1. The number of benzene rings is 1. The van der Waals surface area contributed by atoms with Gasteiger partial charge in [0.15, 0.2) is 0 Å². The Balaban J connectivity index is 2.90. The molecule has 0 aliphatic rings. The number of hydrogen-bond acceptors (Lipinski definition) is 2. The number of carboxylic acids is 1. The van der Waals surface area contributed by atoms with Crippen molar-refractivity contribution in [3.8, 4) is 0 Å². The summed E-state index contributed by atoms with van der Waals surface area (Å²) in [7, 11) is 1.34. The van der Waals surface area contributed by atoms with Crippen LogP contribution in [-0.4, -0.2) is 18.2 Å². The Morgan fingerprint density at radius 3 is 2.44 bits per heavy atom. The van der Waals surface area contributed by atoms with Crippen molar-refractivity contribution in [2.24, 2.45) is 0 Å². The lowest BCUT2D eigenvalue weighted by Crippen LogP contribution is -2.02. The Morgan fingerprint density at radius 2 is 1.94 bits per heavy atom. The fourth-order valence-electron chi connectivity index (χ4n) is 1.27. The smallest absolute Gasteiger partial charge is 0.371 e. The van der Waals surface area contributed by atoms with Gasteiger partial charge in [-0.25, -0.2) is 4.79 Å². The molecule has 0 aliphatic heterocycles. The molecule has 1 aromatic rings. The van der Waals surface area contributed by atoms with E-state index in [2.05, 4.69) is 0 Å². The maximum Gasteiger partial charge on any atom is 0.371 e. The molecule has 0 radical (unpaired) electrons. The standard InChI is InChI=1S/C13H14O3/c1-10(9-12(16-2)13(14)15)8-11-6-4-3-5-7-11/h3-9H,1-2H3,(H,14,15)/b10-8+,12-9-. The SMILES string of the molecule is CO/C(=C\C(C)=C\c1ccccc1)C(=O)O. The van der Waals surface area contributed by atoms with Crippen molar-refractivity contribution in [1.82, 2.24) is 0 Å². The van der Waals surface area contributed by atoms with Crippen molar-refractivity contribution < 1.29 is 14.6 Å². The second-order valence-electron chi connectivity index (χ2n) is 3.32. The van der Waals surface area contributed by atoms with Gasteiger partial charge in [-0.15, -0.1) is 0 Å². The molecule has 0 unspecified atom stereocenters. The van der Waals surface area contributed by atoms with E-state index in [1.807, 2.05) is 43.3 Å². The average Bonchev–Trinajstić information content (AvgIpc) is 2.27.